The van der Waals surface area contributed by atoms with Gasteiger partial charge < -0.3 is 0 Å². The van der Waals surface area contributed by atoms with Gasteiger partial charge in [-0.2, -0.15) is 0 Å². The fraction of sp³-hybridized carbons (Fsp3) is 0.200. The largest absolute Gasteiger partial charge is 0.113 e. The Hall–Kier alpha value is -0.790. The van der Waals surface area contributed by atoms with E-state index in [1.807, 2.05) is 12.1 Å². The molecule has 0 bridgehead atoms. The SMILES string of the molecule is Cc1cc(C)cc(C(Cl)c2ccc(Br)cc2)c1. The van der Waals surface area contributed by atoms with Crippen molar-refractivity contribution in [1.82, 2.24) is 0 Å². The van der Waals surface area contributed by atoms with Gasteiger partial charge in [-0.05, 0) is 37.1 Å². The molecule has 0 spiro atoms. The molecule has 2 rings (SSSR count). The number of alkyl halides is 1. The van der Waals surface area contributed by atoms with Crippen LogP contribution in [0.4, 0.5) is 0 Å². The molecule has 0 aliphatic heterocycles. The van der Waals surface area contributed by atoms with Gasteiger partial charge in [0.25, 0.3) is 0 Å². The lowest BCUT2D eigenvalue weighted by atomic mass is 10.0. The maximum absolute atomic E-state index is 6.51. The Bertz CT molecular complexity index is 497. The number of aryl methyl sites for hydroxylation is 2. The Morgan fingerprint density at radius 3 is 1.94 bits per heavy atom. The van der Waals surface area contributed by atoms with Gasteiger partial charge in [0.2, 0.25) is 0 Å². The number of hydrogen-bond acceptors (Lipinski definition) is 0. The molecule has 0 aliphatic carbocycles. The third-order valence-corrected chi connectivity index (χ3v) is 3.73. The van der Waals surface area contributed by atoms with Gasteiger partial charge >= 0.3 is 0 Å². The first kappa shape index (κ1) is 12.7. The molecule has 0 aromatic heterocycles. The summed E-state index contributed by atoms with van der Waals surface area (Å²) in [6, 6.07) is 14.6. The molecule has 0 fully saturated rings. The van der Waals surface area contributed by atoms with Gasteiger partial charge in [0.1, 0.15) is 0 Å². The predicted molar refractivity (Wildman–Crippen MR) is 77.8 cm³/mol. The molecule has 0 heterocycles. The van der Waals surface area contributed by atoms with Crippen molar-refractivity contribution >= 4 is 27.5 Å². The Labute approximate surface area is 116 Å². The van der Waals surface area contributed by atoms with Crippen molar-refractivity contribution in [2.24, 2.45) is 0 Å². The third-order valence-electron chi connectivity index (χ3n) is 2.70. The molecule has 0 aliphatic rings. The highest BCUT2D eigenvalue weighted by Gasteiger charge is 2.11. The number of rotatable bonds is 2. The van der Waals surface area contributed by atoms with Crippen LogP contribution in [0.5, 0.6) is 0 Å². The molecule has 1 unspecified atom stereocenters. The summed E-state index contributed by atoms with van der Waals surface area (Å²) in [7, 11) is 0. The maximum Gasteiger partial charge on any atom is 0.0835 e. The molecule has 0 radical (unpaired) electrons. The van der Waals surface area contributed by atoms with E-state index in [0.717, 1.165) is 15.6 Å². The van der Waals surface area contributed by atoms with Crippen molar-refractivity contribution in [2.75, 3.05) is 0 Å². The van der Waals surface area contributed by atoms with Crippen LogP contribution in [0.25, 0.3) is 0 Å². The van der Waals surface area contributed by atoms with E-state index in [1.165, 1.54) is 11.1 Å². The summed E-state index contributed by atoms with van der Waals surface area (Å²) in [5.74, 6) is 0. The van der Waals surface area contributed by atoms with Crippen LogP contribution in [-0.2, 0) is 0 Å². The van der Waals surface area contributed by atoms with Crippen molar-refractivity contribution in [1.29, 1.82) is 0 Å². The van der Waals surface area contributed by atoms with Gasteiger partial charge in [-0.25, -0.2) is 0 Å². The highest BCUT2D eigenvalue weighted by molar-refractivity contribution is 9.10. The van der Waals surface area contributed by atoms with Crippen LogP contribution >= 0.6 is 27.5 Å². The van der Waals surface area contributed by atoms with E-state index in [2.05, 4.69) is 60.1 Å². The second kappa shape index (κ2) is 5.24. The first-order valence-corrected chi connectivity index (χ1v) is 6.77. The molecule has 88 valence electrons. The topological polar surface area (TPSA) is 0 Å². The van der Waals surface area contributed by atoms with Crippen LogP contribution in [0, 0.1) is 13.8 Å². The number of halogens is 2. The van der Waals surface area contributed by atoms with E-state index < -0.39 is 0 Å². The first-order valence-electron chi connectivity index (χ1n) is 5.54. The second-order valence-electron chi connectivity index (χ2n) is 4.34. The lowest BCUT2D eigenvalue weighted by Crippen LogP contribution is -1.94. The van der Waals surface area contributed by atoms with Crippen LogP contribution in [0.2, 0.25) is 0 Å². The van der Waals surface area contributed by atoms with E-state index >= 15 is 0 Å². The highest BCUT2D eigenvalue weighted by Crippen LogP contribution is 2.30. The van der Waals surface area contributed by atoms with E-state index in [9.17, 15) is 0 Å². The molecule has 0 saturated carbocycles. The quantitative estimate of drug-likeness (QED) is 0.652. The zero-order valence-electron chi connectivity index (χ0n) is 9.87. The Morgan fingerprint density at radius 2 is 1.41 bits per heavy atom. The molecule has 0 saturated heterocycles. The molecule has 17 heavy (non-hydrogen) atoms. The van der Waals surface area contributed by atoms with Crippen LogP contribution in [0.3, 0.4) is 0 Å². The highest BCUT2D eigenvalue weighted by atomic mass is 79.9. The summed E-state index contributed by atoms with van der Waals surface area (Å²) < 4.78 is 1.07. The molecule has 0 nitrogen and oxygen atoms in total. The van der Waals surface area contributed by atoms with Crippen molar-refractivity contribution in [3.63, 3.8) is 0 Å². The van der Waals surface area contributed by atoms with Crippen LogP contribution in [0.1, 0.15) is 27.6 Å². The Balaban J connectivity index is 2.36. The van der Waals surface area contributed by atoms with Gasteiger partial charge in [0.15, 0.2) is 0 Å². The standard InChI is InChI=1S/C15H14BrCl/c1-10-7-11(2)9-13(8-10)15(17)12-3-5-14(16)6-4-12/h3-9,15H,1-2H3. The molecule has 1 atom stereocenters. The van der Waals surface area contributed by atoms with E-state index in [-0.39, 0.29) is 5.38 Å². The maximum atomic E-state index is 6.51. The number of hydrogen-bond donors (Lipinski definition) is 0. The Morgan fingerprint density at radius 1 is 0.882 bits per heavy atom. The van der Waals surface area contributed by atoms with Crippen molar-refractivity contribution in [3.8, 4) is 0 Å². The monoisotopic (exact) mass is 308 g/mol. The lowest BCUT2D eigenvalue weighted by Gasteiger charge is -2.12. The summed E-state index contributed by atoms with van der Waals surface area (Å²) in [6.45, 7) is 4.20. The first-order chi connectivity index (χ1) is 8.06. The molecule has 2 heteroatoms. The van der Waals surface area contributed by atoms with Crippen molar-refractivity contribution in [2.45, 2.75) is 19.2 Å². The molecular formula is C15H14BrCl. The lowest BCUT2D eigenvalue weighted by molar-refractivity contribution is 1.12. The van der Waals surface area contributed by atoms with Crippen LogP contribution < -0.4 is 0 Å². The smallest absolute Gasteiger partial charge is 0.0835 e. The van der Waals surface area contributed by atoms with Gasteiger partial charge in [-0.3, -0.25) is 0 Å². The minimum atomic E-state index is -0.0818. The van der Waals surface area contributed by atoms with Crippen molar-refractivity contribution in [3.05, 3.63) is 69.2 Å². The van der Waals surface area contributed by atoms with Gasteiger partial charge in [-0.15, -0.1) is 11.6 Å². The van der Waals surface area contributed by atoms with Gasteiger partial charge in [0.05, 0.1) is 5.38 Å². The fourth-order valence-electron chi connectivity index (χ4n) is 1.98. The molecule has 0 N–H and O–H groups in total. The van der Waals surface area contributed by atoms with E-state index in [0.29, 0.717) is 0 Å². The molecule has 2 aromatic rings. The summed E-state index contributed by atoms with van der Waals surface area (Å²) >= 11 is 9.94. The molecular weight excluding hydrogens is 296 g/mol. The Kier molecular flexibility index (Phi) is 3.90. The average molecular weight is 310 g/mol. The predicted octanol–water partition coefficient (Wildman–Crippen LogP) is 5.39. The van der Waals surface area contributed by atoms with Gasteiger partial charge in [0, 0.05) is 4.47 Å². The normalized spacial score (nSPS) is 12.5. The summed E-state index contributed by atoms with van der Waals surface area (Å²) in [4.78, 5) is 0. The number of benzene rings is 2. The van der Waals surface area contributed by atoms with Crippen molar-refractivity contribution < 1.29 is 0 Å². The summed E-state index contributed by atoms with van der Waals surface area (Å²) in [6.07, 6.45) is 0. The van der Waals surface area contributed by atoms with E-state index in [1.54, 1.807) is 0 Å². The third kappa shape index (κ3) is 3.11. The average Bonchev–Trinajstić information content (AvgIpc) is 2.28. The van der Waals surface area contributed by atoms with Crippen LogP contribution in [0.15, 0.2) is 46.9 Å². The zero-order valence-corrected chi connectivity index (χ0v) is 12.2. The van der Waals surface area contributed by atoms with Crippen LogP contribution in [-0.4, -0.2) is 0 Å². The molecule has 0 amide bonds. The fourth-order valence-corrected chi connectivity index (χ4v) is 2.52. The van der Waals surface area contributed by atoms with E-state index in [4.69, 9.17) is 11.6 Å². The minimum absolute atomic E-state index is 0.0818. The van der Waals surface area contributed by atoms with Gasteiger partial charge in [-0.1, -0.05) is 57.4 Å². The minimum Gasteiger partial charge on any atom is -0.113 e. The summed E-state index contributed by atoms with van der Waals surface area (Å²) in [5, 5.41) is -0.0818. The summed E-state index contributed by atoms with van der Waals surface area (Å²) in [5.41, 5.74) is 4.79. The molecule has 2 aromatic carbocycles. The second-order valence-corrected chi connectivity index (χ2v) is 5.69. The zero-order chi connectivity index (χ0) is 12.4.